The van der Waals surface area contributed by atoms with E-state index in [1.54, 1.807) is 12.1 Å². The maximum atomic E-state index is 11.9. The van der Waals surface area contributed by atoms with Crippen molar-refractivity contribution in [2.24, 2.45) is 0 Å². The summed E-state index contributed by atoms with van der Waals surface area (Å²) >= 11 is 0. The number of rotatable bonds is 5. The topological polar surface area (TPSA) is 70.6 Å². The molecule has 0 aliphatic carbocycles. The van der Waals surface area contributed by atoms with Crippen LogP contribution in [0.4, 0.5) is 0 Å². The number of benzene rings is 1. The highest BCUT2D eigenvalue weighted by molar-refractivity contribution is 5.81. The first-order chi connectivity index (χ1) is 9.23. The monoisotopic (exact) mass is 280 g/mol. The van der Waals surface area contributed by atoms with Gasteiger partial charge in [-0.15, -0.1) is 0 Å². The van der Waals surface area contributed by atoms with E-state index >= 15 is 0 Å². The largest absolute Gasteiger partial charge is 0.504 e. The highest BCUT2D eigenvalue weighted by atomic mass is 16.5. The van der Waals surface area contributed by atoms with E-state index in [4.69, 9.17) is 4.74 Å². The summed E-state index contributed by atoms with van der Waals surface area (Å²) in [6.07, 6.45) is 0. The lowest BCUT2D eigenvalue weighted by Crippen LogP contribution is -2.49. The van der Waals surface area contributed by atoms with Crippen LogP contribution in [0.25, 0.3) is 0 Å². The van der Waals surface area contributed by atoms with Gasteiger partial charge >= 0.3 is 0 Å². The predicted octanol–water partition coefficient (Wildman–Crippen LogP) is 1.79. The maximum absolute atomic E-state index is 11.9. The first-order valence-electron chi connectivity index (χ1n) is 6.64. The molecule has 1 unspecified atom stereocenters. The van der Waals surface area contributed by atoms with Crippen LogP contribution < -0.4 is 15.4 Å². The molecule has 0 fully saturated rings. The highest BCUT2D eigenvalue weighted by Crippen LogP contribution is 2.26. The van der Waals surface area contributed by atoms with E-state index in [2.05, 4.69) is 10.6 Å². The van der Waals surface area contributed by atoms with Gasteiger partial charge in [-0.05, 0) is 45.4 Å². The number of phenolic OH excluding ortho intramolecular Hbond substituents is 1. The van der Waals surface area contributed by atoms with Crippen molar-refractivity contribution in [3.05, 3.63) is 23.8 Å². The Morgan fingerprint density at radius 1 is 1.40 bits per heavy atom. The number of phenols is 1. The number of hydrogen-bond donors (Lipinski definition) is 3. The zero-order chi connectivity index (χ0) is 15.3. The molecule has 0 aromatic heterocycles. The second kappa shape index (κ2) is 6.61. The van der Waals surface area contributed by atoms with Crippen molar-refractivity contribution in [3.8, 4) is 11.5 Å². The second-order valence-corrected chi connectivity index (χ2v) is 5.85. The SMILES string of the molecule is COc1ccc(CNC(C)C(=O)NC(C)(C)C)cc1O. The molecule has 1 atom stereocenters. The summed E-state index contributed by atoms with van der Waals surface area (Å²) < 4.78 is 4.98. The highest BCUT2D eigenvalue weighted by Gasteiger charge is 2.18. The van der Waals surface area contributed by atoms with E-state index in [0.717, 1.165) is 5.56 Å². The Hall–Kier alpha value is -1.75. The van der Waals surface area contributed by atoms with Gasteiger partial charge in [0, 0.05) is 12.1 Å². The number of carbonyl (C=O) groups is 1. The van der Waals surface area contributed by atoms with Crippen molar-refractivity contribution in [3.63, 3.8) is 0 Å². The van der Waals surface area contributed by atoms with Gasteiger partial charge < -0.3 is 20.5 Å². The summed E-state index contributed by atoms with van der Waals surface area (Å²) in [5, 5.41) is 15.7. The zero-order valence-corrected chi connectivity index (χ0v) is 12.8. The molecule has 20 heavy (non-hydrogen) atoms. The van der Waals surface area contributed by atoms with Crippen molar-refractivity contribution in [2.75, 3.05) is 7.11 Å². The average molecular weight is 280 g/mol. The summed E-state index contributed by atoms with van der Waals surface area (Å²) in [6, 6.07) is 4.87. The van der Waals surface area contributed by atoms with E-state index in [1.807, 2.05) is 33.8 Å². The minimum absolute atomic E-state index is 0.0461. The van der Waals surface area contributed by atoms with Gasteiger partial charge in [-0.2, -0.15) is 0 Å². The quantitative estimate of drug-likeness (QED) is 0.769. The molecular weight excluding hydrogens is 256 g/mol. The van der Waals surface area contributed by atoms with Crippen LogP contribution in [0.15, 0.2) is 18.2 Å². The number of carbonyl (C=O) groups excluding carboxylic acids is 1. The summed E-state index contributed by atoms with van der Waals surface area (Å²) in [5.41, 5.74) is 0.643. The Morgan fingerprint density at radius 2 is 2.05 bits per heavy atom. The molecule has 0 spiro atoms. The lowest BCUT2D eigenvalue weighted by atomic mass is 10.1. The van der Waals surface area contributed by atoms with E-state index < -0.39 is 0 Å². The smallest absolute Gasteiger partial charge is 0.237 e. The van der Waals surface area contributed by atoms with E-state index in [9.17, 15) is 9.90 Å². The van der Waals surface area contributed by atoms with Crippen LogP contribution >= 0.6 is 0 Å². The third-order valence-corrected chi connectivity index (χ3v) is 2.75. The summed E-state index contributed by atoms with van der Waals surface area (Å²) in [4.78, 5) is 11.9. The normalized spacial score (nSPS) is 12.8. The number of nitrogens with one attached hydrogen (secondary N) is 2. The Labute approximate surface area is 120 Å². The fourth-order valence-electron chi connectivity index (χ4n) is 1.69. The molecule has 5 heteroatoms. The predicted molar refractivity (Wildman–Crippen MR) is 78.9 cm³/mol. The van der Waals surface area contributed by atoms with E-state index in [0.29, 0.717) is 12.3 Å². The van der Waals surface area contributed by atoms with Crippen LogP contribution in [0.3, 0.4) is 0 Å². The van der Waals surface area contributed by atoms with Gasteiger partial charge in [0.15, 0.2) is 11.5 Å². The van der Waals surface area contributed by atoms with Gasteiger partial charge in [0.05, 0.1) is 13.2 Å². The van der Waals surface area contributed by atoms with Gasteiger partial charge in [0.25, 0.3) is 0 Å². The van der Waals surface area contributed by atoms with Crippen molar-refractivity contribution < 1.29 is 14.6 Å². The molecule has 5 nitrogen and oxygen atoms in total. The van der Waals surface area contributed by atoms with Crippen molar-refractivity contribution in [1.82, 2.24) is 10.6 Å². The molecule has 0 aliphatic heterocycles. The number of methoxy groups -OCH3 is 1. The summed E-state index contributed by atoms with van der Waals surface area (Å²) in [5.74, 6) is 0.487. The Morgan fingerprint density at radius 3 is 2.55 bits per heavy atom. The zero-order valence-electron chi connectivity index (χ0n) is 12.8. The van der Waals surface area contributed by atoms with Crippen LogP contribution in [0.5, 0.6) is 11.5 Å². The van der Waals surface area contributed by atoms with E-state index in [-0.39, 0.29) is 23.2 Å². The molecule has 1 amide bonds. The summed E-state index contributed by atoms with van der Waals surface area (Å²) in [6.45, 7) is 8.14. The second-order valence-electron chi connectivity index (χ2n) is 5.85. The molecule has 1 aromatic rings. The third-order valence-electron chi connectivity index (χ3n) is 2.75. The lowest BCUT2D eigenvalue weighted by molar-refractivity contribution is -0.124. The van der Waals surface area contributed by atoms with Crippen molar-refractivity contribution >= 4 is 5.91 Å². The molecular formula is C15H24N2O3. The molecule has 0 aliphatic rings. The summed E-state index contributed by atoms with van der Waals surface area (Å²) in [7, 11) is 1.51. The van der Waals surface area contributed by atoms with Crippen LogP contribution in [0.1, 0.15) is 33.3 Å². The maximum Gasteiger partial charge on any atom is 0.237 e. The fourth-order valence-corrected chi connectivity index (χ4v) is 1.69. The van der Waals surface area contributed by atoms with Crippen LogP contribution in [0, 0.1) is 0 Å². The molecule has 1 aromatic carbocycles. The molecule has 0 saturated carbocycles. The molecule has 0 heterocycles. The van der Waals surface area contributed by atoms with Crippen LogP contribution in [-0.4, -0.2) is 29.7 Å². The number of amides is 1. The molecule has 0 bridgehead atoms. The number of ether oxygens (including phenoxy) is 1. The standard InChI is InChI=1S/C15H24N2O3/c1-10(14(19)17-15(2,3)4)16-9-11-6-7-13(20-5)12(18)8-11/h6-8,10,16,18H,9H2,1-5H3,(H,17,19). The van der Waals surface area contributed by atoms with Crippen molar-refractivity contribution in [2.45, 2.75) is 45.8 Å². The Kier molecular flexibility index (Phi) is 5.39. The van der Waals surface area contributed by atoms with Crippen LogP contribution in [-0.2, 0) is 11.3 Å². The van der Waals surface area contributed by atoms with Crippen molar-refractivity contribution in [1.29, 1.82) is 0 Å². The third kappa shape index (κ3) is 5.09. The molecule has 3 N–H and O–H groups in total. The molecule has 1 rings (SSSR count). The number of aromatic hydroxyl groups is 1. The minimum Gasteiger partial charge on any atom is -0.504 e. The lowest BCUT2D eigenvalue weighted by Gasteiger charge is -2.23. The van der Waals surface area contributed by atoms with Gasteiger partial charge in [0.1, 0.15) is 0 Å². The first kappa shape index (κ1) is 16.3. The first-order valence-corrected chi connectivity index (χ1v) is 6.64. The Bertz CT molecular complexity index is 467. The fraction of sp³-hybridized carbons (Fsp3) is 0.533. The minimum atomic E-state index is -0.307. The average Bonchev–Trinajstić information content (AvgIpc) is 2.34. The molecule has 0 radical (unpaired) electrons. The van der Waals surface area contributed by atoms with E-state index in [1.165, 1.54) is 7.11 Å². The molecule has 0 saturated heterocycles. The van der Waals surface area contributed by atoms with Crippen LogP contribution in [0.2, 0.25) is 0 Å². The van der Waals surface area contributed by atoms with Gasteiger partial charge in [-0.1, -0.05) is 6.07 Å². The van der Waals surface area contributed by atoms with Gasteiger partial charge in [0.2, 0.25) is 5.91 Å². The number of hydrogen-bond acceptors (Lipinski definition) is 4. The van der Waals surface area contributed by atoms with Gasteiger partial charge in [-0.3, -0.25) is 4.79 Å². The van der Waals surface area contributed by atoms with Gasteiger partial charge in [-0.25, -0.2) is 0 Å². The molecule has 112 valence electrons. The Balaban J connectivity index is 2.54.